The molecule has 0 radical (unpaired) electrons. The lowest BCUT2D eigenvalue weighted by atomic mass is 10.1. The Morgan fingerprint density at radius 1 is 1.38 bits per heavy atom. The lowest BCUT2D eigenvalue weighted by Crippen LogP contribution is -2.30. The van der Waals surface area contributed by atoms with Crippen LogP contribution in [0.3, 0.4) is 0 Å². The van der Waals surface area contributed by atoms with Crippen molar-refractivity contribution >= 4 is 11.7 Å². The fourth-order valence-electron chi connectivity index (χ4n) is 1.97. The van der Waals surface area contributed by atoms with E-state index >= 15 is 0 Å². The molecule has 0 saturated heterocycles. The van der Waals surface area contributed by atoms with Gasteiger partial charge in [0, 0.05) is 18.8 Å². The highest BCUT2D eigenvalue weighted by molar-refractivity contribution is 5.88. The van der Waals surface area contributed by atoms with Gasteiger partial charge in [-0.15, -0.1) is 0 Å². The van der Waals surface area contributed by atoms with Crippen molar-refractivity contribution in [2.75, 3.05) is 11.9 Å². The maximum Gasteiger partial charge on any atom is 0.335 e. The molecule has 1 N–H and O–H groups in total. The van der Waals surface area contributed by atoms with Gasteiger partial charge < -0.3 is 10.0 Å². The average molecular weight is 219 g/mol. The van der Waals surface area contributed by atoms with Gasteiger partial charge >= 0.3 is 5.97 Å². The van der Waals surface area contributed by atoms with E-state index in [1.807, 2.05) is 12.1 Å². The Morgan fingerprint density at radius 2 is 1.94 bits per heavy atom. The molecule has 0 bridgehead atoms. The van der Waals surface area contributed by atoms with Gasteiger partial charge in [-0.25, -0.2) is 4.79 Å². The first-order chi connectivity index (χ1) is 7.59. The van der Waals surface area contributed by atoms with E-state index in [2.05, 4.69) is 18.9 Å². The number of nitrogens with zero attached hydrogens (tertiary/aromatic N) is 1. The van der Waals surface area contributed by atoms with Gasteiger partial charge in [-0.05, 0) is 49.9 Å². The van der Waals surface area contributed by atoms with Gasteiger partial charge in [0.15, 0.2) is 0 Å². The summed E-state index contributed by atoms with van der Waals surface area (Å²) in [6, 6.07) is 7.61. The Morgan fingerprint density at radius 3 is 2.38 bits per heavy atom. The molecule has 3 heteroatoms. The third-order valence-electron chi connectivity index (χ3n) is 3.44. The molecule has 3 nitrogen and oxygen atoms in total. The Balaban J connectivity index is 2.11. The number of carboxylic acid groups (broad SMARTS) is 1. The summed E-state index contributed by atoms with van der Waals surface area (Å²) in [5.74, 6) is -0.0615. The smallest absolute Gasteiger partial charge is 0.335 e. The first-order valence-corrected chi connectivity index (χ1v) is 5.66. The second kappa shape index (κ2) is 4.16. The summed E-state index contributed by atoms with van der Waals surface area (Å²) in [5.41, 5.74) is 1.43. The molecule has 1 fully saturated rings. The minimum Gasteiger partial charge on any atom is -0.478 e. The van der Waals surface area contributed by atoms with Crippen LogP contribution in [0.1, 0.15) is 30.1 Å². The summed E-state index contributed by atoms with van der Waals surface area (Å²) in [5, 5.41) is 8.81. The van der Waals surface area contributed by atoms with Crippen molar-refractivity contribution in [3.63, 3.8) is 0 Å². The molecule has 1 aromatic rings. The number of anilines is 1. The molecule has 0 amide bonds. The van der Waals surface area contributed by atoms with Crippen LogP contribution in [0, 0.1) is 5.92 Å². The standard InChI is InChI=1S/C13H17NO2/c1-9(10-3-4-10)14(2)12-7-5-11(6-8-12)13(15)16/h5-10H,3-4H2,1-2H3,(H,15,16). The highest BCUT2D eigenvalue weighted by Crippen LogP contribution is 2.36. The van der Waals surface area contributed by atoms with Crippen LogP contribution in [0.25, 0.3) is 0 Å². The highest BCUT2D eigenvalue weighted by Gasteiger charge is 2.30. The quantitative estimate of drug-likeness (QED) is 0.846. The van der Waals surface area contributed by atoms with E-state index in [0.29, 0.717) is 11.6 Å². The van der Waals surface area contributed by atoms with E-state index < -0.39 is 5.97 Å². The molecule has 16 heavy (non-hydrogen) atoms. The van der Waals surface area contributed by atoms with Crippen molar-refractivity contribution < 1.29 is 9.90 Å². The fraction of sp³-hybridized carbons (Fsp3) is 0.462. The zero-order valence-corrected chi connectivity index (χ0v) is 9.68. The molecule has 1 atom stereocenters. The number of rotatable bonds is 4. The zero-order chi connectivity index (χ0) is 11.7. The Bertz CT molecular complexity index is 381. The number of hydrogen-bond donors (Lipinski definition) is 1. The van der Waals surface area contributed by atoms with Crippen molar-refractivity contribution in [3.05, 3.63) is 29.8 Å². The van der Waals surface area contributed by atoms with Crippen LogP contribution < -0.4 is 4.90 Å². The van der Waals surface area contributed by atoms with E-state index in [1.165, 1.54) is 12.8 Å². The van der Waals surface area contributed by atoms with Crippen molar-refractivity contribution in [2.45, 2.75) is 25.8 Å². The summed E-state index contributed by atoms with van der Waals surface area (Å²) in [6.07, 6.45) is 2.64. The monoisotopic (exact) mass is 219 g/mol. The second-order valence-electron chi connectivity index (χ2n) is 4.54. The predicted octanol–water partition coefficient (Wildman–Crippen LogP) is 2.62. The summed E-state index contributed by atoms with van der Waals surface area (Å²) < 4.78 is 0. The van der Waals surface area contributed by atoms with Crippen LogP contribution in [-0.2, 0) is 0 Å². The van der Waals surface area contributed by atoms with Gasteiger partial charge in [-0.2, -0.15) is 0 Å². The Kier molecular flexibility index (Phi) is 2.86. The van der Waals surface area contributed by atoms with Crippen molar-refractivity contribution in [1.82, 2.24) is 0 Å². The first kappa shape index (κ1) is 11.0. The topological polar surface area (TPSA) is 40.5 Å². The Labute approximate surface area is 95.7 Å². The van der Waals surface area contributed by atoms with Gasteiger partial charge in [0.2, 0.25) is 0 Å². The van der Waals surface area contributed by atoms with Gasteiger partial charge in [-0.1, -0.05) is 0 Å². The van der Waals surface area contributed by atoms with Gasteiger partial charge in [0.1, 0.15) is 0 Å². The molecule has 1 aliphatic rings. The predicted molar refractivity (Wildman–Crippen MR) is 64.0 cm³/mol. The number of carboxylic acids is 1. The van der Waals surface area contributed by atoms with Gasteiger partial charge in [0.05, 0.1) is 5.56 Å². The lowest BCUT2D eigenvalue weighted by molar-refractivity contribution is 0.0697. The third-order valence-corrected chi connectivity index (χ3v) is 3.44. The maximum absolute atomic E-state index is 10.7. The molecule has 86 valence electrons. The SMILES string of the molecule is CC(C1CC1)N(C)c1ccc(C(=O)O)cc1. The van der Waals surface area contributed by atoms with E-state index in [9.17, 15) is 4.79 Å². The summed E-state index contributed by atoms with van der Waals surface area (Å²) in [6.45, 7) is 2.22. The van der Waals surface area contributed by atoms with Crippen LogP contribution in [0.4, 0.5) is 5.69 Å². The highest BCUT2D eigenvalue weighted by atomic mass is 16.4. The largest absolute Gasteiger partial charge is 0.478 e. The lowest BCUT2D eigenvalue weighted by Gasteiger charge is -2.27. The summed E-state index contributed by atoms with van der Waals surface area (Å²) in [4.78, 5) is 12.9. The molecule has 1 unspecified atom stereocenters. The number of carbonyl (C=O) groups is 1. The van der Waals surface area contributed by atoms with E-state index in [-0.39, 0.29) is 0 Å². The molecule has 0 spiro atoms. The molecular formula is C13H17NO2. The van der Waals surface area contributed by atoms with E-state index in [4.69, 9.17) is 5.11 Å². The summed E-state index contributed by atoms with van der Waals surface area (Å²) >= 11 is 0. The molecule has 1 saturated carbocycles. The van der Waals surface area contributed by atoms with E-state index in [0.717, 1.165) is 11.6 Å². The van der Waals surface area contributed by atoms with Crippen LogP contribution >= 0.6 is 0 Å². The molecule has 0 aliphatic heterocycles. The number of hydrogen-bond acceptors (Lipinski definition) is 2. The van der Waals surface area contributed by atoms with Gasteiger partial charge in [-0.3, -0.25) is 0 Å². The van der Waals surface area contributed by atoms with Crippen molar-refractivity contribution in [2.24, 2.45) is 5.92 Å². The molecule has 0 aromatic heterocycles. The third kappa shape index (κ3) is 2.18. The number of aromatic carboxylic acids is 1. The van der Waals surface area contributed by atoms with E-state index in [1.54, 1.807) is 12.1 Å². The van der Waals surface area contributed by atoms with Crippen LogP contribution in [-0.4, -0.2) is 24.2 Å². The normalized spacial score (nSPS) is 16.9. The minimum absolute atomic E-state index is 0.344. The maximum atomic E-state index is 10.7. The van der Waals surface area contributed by atoms with Crippen molar-refractivity contribution in [3.8, 4) is 0 Å². The first-order valence-electron chi connectivity index (χ1n) is 5.66. The Hall–Kier alpha value is -1.51. The minimum atomic E-state index is -0.871. The summed E-state index contributed by atoms with van der Waals surface area (Å²) in [7, 11) is 2.07. The molecule has 0 heterocycles. The van der Waals surface area contributed by atoms with Crippen LogP contribution in [0.15, 0.2) is 24.3 Å². The number of benzene rings is 1. The van der Waals surface area contributed by atoms with Crippen LogP contribution in [0.2, 0.25) is 0 Å². The van der Waals surface area contributed by atoms with Crippen LogP contribution in [0.5, 0.6) is 0 Å². The van der Waals surface area contributed by atoms with Crippen molar-refractivity contribution in [1.29, 1.82) is 0 Å². The average Bonchev–Trinajstić information content (AvgIpc) is 3.11. The van der Waals surface area contributed by atoms with Gasteiger partial charge in [0.25, 0.3) is 0 Å². The molecule has 1 aliphatic carbocycles. The molecule has 1 aromatic carbocycles. The molecule has 2 rings (SSSR count). The zero-order valence-electron chi connectivity index (χ0n) is 9.68. The fourth-order valence-corrected chi connectivity index (χ4v) is 1.97. The second-order valence-corrected chi connectivity index (χ2v) is 4.54. The molecular weight excluding hydrogens is 202 g/mol.